The maximum Gasteiger partial charge on any atom is 0.330 e. The molecule has 1 aromatic rings. The molecular formula is C38H46O8. The molecule has 4 bridgehead atoms. The molecule has 246 valence electrons. The highest BCUT2D eigenvalue weighted by Crippen LogP contribution is 2.69. The number of carbonyl (C=O) groups excluding carboxylic acids is 1. The molecule has 2 fully saturated rings. The summed E-state index contributed by atoms with van der Waals surface area (Å²) in [6.07, 6.45) is 12.8. The van der Waals surface area contributed by atoms with Gasteiger partial charge in [0.25, 0.3) is 0 Å². The molecule has 3 N–H and O–H groups in total. The van der Waals surface area contributed by atoms with Crippen LogP contribution in [0.4, 0.5) is 0 Å². The maximum atomic E-state index is 14.7. The minimum atomic E-state index is -1.43. The van der Waals surface area contributed by atoms with Crippen LogP contribution in [0.25, 0.3) is 6.08 Å². The minimum Gasteiger partial charge on any atom is -0.506 e. The number of fused-ring (bicyclic) bond motifs is 2. The van der Waals surface area contributed by atoms with E-state index in [1.165, 1.54) is 12.5 Å². The van der Waals surface area contributed by atoms with E-state index in [1.54, 1.807) is 12.2 Å². The van der Waals surface area contributed by atoms with Crippen molar-refractivity contribution in [3.8, 4) is 17.2 Å². The van der Waals surface area contributed by atoms with Crippen molar-refractivity contribution >= 4 is 17.8 Å². The summed E-state index contributed by atoms with van der Waals surface area (Å²) in [6, 6.07) is 0. The van der Waals surface area contributed by atoms with Gasteiger partial charge in [-0.25, -0.2) is 4.79 Å². The minimum absolute atomic E-state index is 0.0323. The lowest BCUT2D eigenvalue weighted by molar-refractivity contribution is -0.204. The van der Waals surface area contributed by atoms with Crippen molar-refractivity contribution in [3.05, 3.63) is 69.4 Å². The third-order valence-corrected chi connectivity index (χ3v) is 10.7. The smallest absolute Gasteiger partial charge is 0.330 e. The number of allylic oxidation sites excluding steroid dienone is 4. The number of aliphatic hydroxyl groups excluding tert-OH is 1. The quantitative estimate of drug-likeness (QED) is 0.207. The van der Waals surface area contributed by atoms with Gasteiger partial charge in [0.15, 0.2) is 11.4 Å². The summed E-state index contributed by atoms with van der Waals surface area (Å²) in [5, 5.41) is 33.4. The van der Waals surface area contributed by atoms with Crippen molar-refractivity contribution in [3.63, 3.8) is 0 Å². The van der Waals surface area contributed by atoms with Gasteiger partial charge in [-0.05, 0) is 93.2 Å². The molecule has 3 aliphatic carbocycles. The van der Waals surface area contributed by atoms with Gasteiger partial charge in [0, 0.05) is 35.0 Å². The predicted octanol–water partition coefficient (Wildman–Crippen LogP) is 7.03. The number of ether oxygens (including phenoxy) is 3. The highest BCUT2D eigenvalue weighted by Gasteiger charge is 2.80. The third-order valence-electron chi connectivity index (χ3n) is 10.7. The number of aliphatic carboxylic acids is 1. The van der Waals surface area contributed by atoms with Crippen molar-refractivity contribution in [1.29, 1.82) is 0 Å². The van der Waals surface area contributed by atoms with Gasteiger partial charge in [0.2, 0.25) is 0 Å². The van der Waals surface area contributed by atoms with Gasteiger partial charge in [-0.2, -0.15) is 0 Å². The topological polar surface area (TPSA) is 123 Å². The number of Topliss-reactive ketones (excluding diaryl/α,β-unsaturated/α-hetero) is 1. The Morgan fingerprint density at radius 2 is 1.72 bits per heavy atom. The first-order chi connectivity index (χ1) is 21.5. The largest absolute Gasteiger partial charge is 0.506 e. The van der Waals surface area contributed by atoms with E-state index < -0.39 is 40.4 Å². The SMILES string of the molecule is CC(C)=CCC[C@]1(C)C=Cc2c(O)c3c(c(CC=C(C)C)c2O1)O[C@]12C(=C[C@@H]4C[C@H]1C(C)(C)O[C@@]2(C/C=C(/C)C(=O)O)C4O)C3=O. The van der Waals surface area contributed by atoms with Crippen LogP contribution in [0.2, 0.25) is 0 Å². The molecule has 0 aromatic heterocycles. The standard InChI is InChI=1S/C38H46O8/c1-20(2)10-9-15-36(8)16-14-24-29(39)28-30(40)26-18-23-19-27-35(6,7)46-37(33(23)41,17-13-22(5)34(42)43)38(26,27)45-32(28)25(31(24)44-36)12-11-21(3)4/h10-11,13-14,16,18,23,27,33,39,41H,9,12,15,17,19H2,1-8H3,(H,42,43)/b22-13-/t23-,27+,33?,36-,37+,38-/m1/s1. The summed E-state index contributed by atoms with van der Waals surface area (Å²) < 4.78 is 20.8. The van der Waals surface area contributed by atoms with Crippen LogP contribution in [-0.4, -0.2) is 55.6 Å². The number of phenolic OH excluding ortho intramolecular Hbond substituents is 1. The van der Waals surface area contributed by atoms with Crippen molar-refractivity contribution in [2.75, 3.05) is 0 Å². The normalized spacial score (nSPS) is 32.8. The van der Waals surface area contributed by atoms with E-state index in [4.69, 9.17) is 14.2 Å². The Bertz CT molecular complexity index is 1680. The van der Waals surface area contributed by atoms with Crippen molar-refractivity contribution < 1.29 is 39.1 Å². The van der Waals surface area contributed by atoms with Gasteiger partial charge in [-0.15, -0.1) is 0 Å². The number of carbonyl (C=O) groups is 2. The van der Waals surface area contributed by atoms with Gasteiger partial charge in [-0.3, -0.25) is 4.79 Å². The molecule has 1 saturated carbocycles. The molecule has 46 heavy (non-hydrogen) atoms. The van der Waals surface area contributed by atoms with Gasteiger partial charge >= 0.3 is 5.97 Å². The van der Waals surface area contributed by atoms with Gasteiger partial charge < -0.3 is 29.5 Å². The number of rotatable bonds is 8. The summed E-state index contributed by atoms with van der Waals surface area (Å²) >= 11 is 0. The number of phenols is 1. The van der Waals surface area contributed by atoms with Gasteiger partial charge in [0.1, 0.15) is 34.0 Å². The van der Waals surface area contributed by atoms with Crippen LogP contribution in [0, 0.1) is 11.8 Å². The summed E-state index contributed by atoms with van der Waals surface area (Å²) in [4.78, 5) is 26.6. The highest BCUT2D eigenvalue weighted by molar-refractivity contribution is 6.16. The van der Waals surface area contributed by atoms with Crippen LogP contribution < -0.4 is 9.47 Å². The van der Waals surface area contributed by atoms with Crippen LogP contribution in [-0.2, 0) is 16.0 Å². The second kappa shape index (κ2) is 10.7. The molecule has 8 heteroatoms. The lowest BCUT2D eigenvalue weighted by Crippen LogP contribution is -2.73. The molecule has 1 unspecified atom stereocenters. The molecular weight excluding hydrogens is 584 g/mol. The first-order valence-corrected chi connectivity index (χ1v) is 16.3. The Balaban J connectivity index is 1.58. The first-order valence-electron chi connectivity index (χ1n) is 16.3. The average Bonchev–Trinajstić information content (AvgIpc) is 3.12. The van der Waals surface area contributed by atoms with Crippen LogP contribution in [0.3, 0.4) is 0 Å². The lowest BCUT2D eigenvalue weighted by atomic mass is 9.50. The average molecular weight is 631 g/mol. The molecule has 0 amide bonds. The molecule has 8 nitrogen and oxygen atoms in total. The molecule has 6 atom stereocenters. The number of benzene rings is 1. The zero-order valence-electron chi connectivity index (χ0n) is 28.1. The van der Waals surface area contributed by atoms with Crippen LogP contribution in [0.1, 0.15) is 103 Å². The van der Waals surface area contributed by atoms with E-state index >= 15 is 0 Å². The molecule has 0 radical (unpaired) electrons. The number of hydrogen-bond donors (Lipinski definition) is 3. The van der Waals surface area contributed by atoms with Crippen LogP contribution >= 0.6 is 0 Å². The summed E-state index contributed by atoms with van der Waals surface area (Å²) in [5.41, 5.74) is -0.383. The van der Waals surface area contributed by atoms with E-state index in [0.717, 1.165) is 12.0 Å². The monoisotopic (exact) mass is 630 g/mol. The fraction of sp³-hybridized carbons (Fsp3) is 0.526. The summed E-state index contributed by atoms with van der Waals surface area (Å²) in [5.74, 6) is -1.64. The Morgan fingerprint density at radius 3 is 2.37 bits per heavy atom. The fourth-order valence-electron chi connectivity index (χ4n) is 8.41. The molecule has 3 aliphatic heterocycles. The molecule has 1 aromatic carbocycles. The number of aliphatic hydroxyl groups is 1. The van der Waals surface area contributed by atoms with E-state index in [0.29, 0.717) is 41.7 Å². The van der Waals surface area contributed by atoms with Gasteiger partial charge in [-0.1, -0.05) is 35.5 Å². The van der Waals surface area contributed by atoms with Gasteiger partial charge in [0.05, 0.1) is 17.3 Å². The first kappa shape index (κ1) is 32.3. The lowest BCUT2D eigenvalue weighted by Gasteiger charge is -2.59. The Hall–Kier alpha value is -3.62. The van der Waals surface area contributed by atoms with E-state index in [1.807, 2.05) is 52.8 Å². The maximum absolute atomic E-state index is 14.7. The second-order valence-corrected chi connectivity index (χ2v) is 15.0. The van der Waals surface area contributed by atoms with Crippen molar-refractivity contribution in [2.24, 2.45) is 11.8 Å². The number of hydrogen-bond acceptors (Lipinski definition) is 7. The third kappa shape index (κ3) is 4.54. The zero-order chi connectivity index (χ0) is 33.6. The Kier molecular flexibility index (Phi) is 7.52. The number of carboxylic acids is 1. The fourth-order valence-corrected chi connectivity index (χ4v) is 8.41. The highest BCUT2D eigenvalue weighted by atomic mass is 16.6. The van der Waals surface area contributed by atoms with E-state index in [2.05, 4.69) is 19.9 Å². The number of ketones is 1. The number of carboxylic acid groups (broad SMARTS) is 1. The van der Waals surface area contributed by atoms with Crippen LogP contribution in [0.5, 0.6) is 17.2 Å². The molecule has 6 aliphatic rings. The van der Waals surface area contributed by atoms with Crippen molar-refractivity contribution in [2.45, 2.75) is 116 Å². The predicted molar refractivity (Wildman–Crippen MR) is 175 cm³/mol. The number of aromatic hydroxyl groups is 1. The van der Waals surface area contributed by atoms with Crippen LogP contribution in [0.15, 0.2) is 52.7 Å². The second-order valence-electron chi connectivity index (χ2n) is 15.0. The van der Waals surface area contributed by atoms with Crippen molar-refractivity contribution in [1.82, 2.24) is 0 Å². The Labute approximate surface area is 271 Å². The van der Waals surface area contributed by atoms with E-state index in [9.17, 15) is 24.9 Å². The zero-order valence-corrected chi connectivity index (χ0v) is 28.1. The molecule has 7 rings (SSSR count). The molecule has 1 spiro atoms. The molecule has 3 heterocycles. The van der Waals surface area contributed by atoms with E-state index in [-0.39, 0.29) is 40.8 Å². The molecule has 1 saturated heterocycles. The summed E-state index contributed by atoms with van der Waals surface area (Å²) in [7, 11) is 0. The Morgan fingerprint density at radius 1 is 1.02 bits per heavy atom. The summed E-state index contributed by atoms with van der Waals surface area (Å²) in [6.45, 7) is 15.5.